The normalized spacial score (nSPS) is 16.4. The van der Waals surface area contributed by atoms with E-state index in [0.29, 0.717) is 0 Å². The van der Waals surface area contributed by atoms with Crippen LogP contribution in [0.4, 0.5) is 11.5 Å². The van der Waals surface area contributed by atoms with Gasteiger partial charge in [0.25, 0.3) is 0 Å². The van der Waals surface area contributed by atoms with Crippen molar-refractivity contribution in [3.63, 3.8) is 0 Å². The SMILES string of the molecule is Nc1ccc2ccnc(N3CCOCC3)c2c1. The summed E-state index contributed by atoms with van der Waals surface area (Å²) in [7, 11) is 0. The summed E-state index contributed by atoms with van der Waals surface area (Å²) in [5.74, 6) is 1.01. The third kappa shape index (κ3) is 1.91. The van der Waals surface area contributed by atoms with Crippen LogP contribution < -0.4 is 10.6 Å². The number of rotatable bonds is 1. The maximum Gasteiger partial charge on any atom is 0.136 e. The molecule has 2 heterocycles. The molecule has 1 aliphatic rings. The van der Waals surface area contributed by atoms with Crippen molar-refractivity contribution in [1.29, 1.82) is 0 Å². The maximum atomic E-state index is 5.85. The highest BCUT2D eigenvalue weighted by atomic mass is 16.5. The minimum absolute atomic E-state index is 0.764. The van der Waals surface area contributed by atoms with E-state index in [4.69, 9.17) is 10.5 Å². The lowest BCUT2D eigenvalue weighted by Gasteiger charge is -2.28. The third-order valence-electron chi connectivity index (χ3n) is 3.08. The van der Waals surface area contributed by atoms with Gasteiger partial charge in [0.05, 0.1) is 13.2 Å². The second-order valence-corrected chi connectivity index (χ2v) is 4.21. The van der Waals surface area contributed by atoms with Gasteiger partial charge in [-0.15, -0.1) is 0 Å². The number of morpholine rings is 1. The molecule has 2 N–H and O–H groups in total. The van der Waals surface area contributed by atoms with Gasteiger partial charge in [-0.1, -0.05) is 6.07 Å². The van der Waals surface area contributed by atoms with E-state index in [1.54, 1.807) is 0 Å². The monoisotopic (exact) mass is 229 g/mol. The molecule has 0 saturated carbocycles. The molecular weight excluding hydrogens is 214 g/mol. The Morgan fingerprint density at radius 2 is 2.00 bits per heavy atom. The minimum atomic E-state index is 0.764. The maximum absolute atomic E-state index is 5.85. The number of ether oxygens (including phenoxy) is 1. The second-order valence-electron chi connectivity index (χ2n) is 4.21. The average Bonchev–Trinajstić information content (AvgIpc) is 2.39. The number of benzene rings is 1. The summed E-state index contributed by atoms with van der Waals surface area (Å²) in [5.41, 5.74) is 6.63. The third-order valence-corrected chi connectivity index (χ3v) is 3.08. The van der Waals surface area contributed by atoms with Crippen LogP contribution in [-0.4, -0.2) is 31.3 Å². The molecule has 1 fully saturated rings. The molecular formula is C13H15N3O. The molecule has 4 nitrogen and oxygen atoms in total. The molecule has 1 aliphatic heterocycles. The van der Waals surface area contributed by atoms with Crippen molar-refractivity contribution >= 4 is 22.3 Å². The highest BCUT2D eigenvalue weighted by molar-refractivity contribution is 5.94. The van der Waals surface area contributed by atoms with Crippen LogP contribution in [0.25, 0.3) is 10.8 Å². The quantitative estimate of drug-likeness (QED) is 0.755. The van der Waals surface area contributed by atoms with Gasteiger partial charge in [0.15, 0.2) is 0 Å². The van der Waals surface area contributed by atoms with Crippen molar-refractivity contribution in [2.24, 2.45) is 0 Å². The van der Waals surface area contributed by atoms with E-state index < -0.39 is 0 Å². The summed E-state index contributed by atoms with van der Waals surface area (Å²) < 4.78 is 5.36. The second kappa shape index (κ2) is 4.22. The lowest BCUT2D eigenvalue weighted by atomic mass is 10.1. The first-order valence-electron chi connectivity index (χ1n) is 5.81. The molecule has 0 aliphatic carbocycles. The standard InChI is InChI=1S/C13H15N3O/c14-11-2-1-10-3-4-15-13(12(10)9-11)16-5-7-17-8-6-16/h1-4,9H,5-8,14H2. The largest absolute Gasteiger partial charge is 0.399 e. The molecule has 0 amide bonds. The van der Waals surface area contributed by atoms with Gasteiger partial charge >= 0.3 is 0 Å². The first kappa shape index (κ1) is 10.4. The van der Waals surface area contributed by atoms with E-state index in [-0.39, 0.29) is 0 Å². The topological polar surface area (TPSA) is 51.4 Å². The van der Waals surface area contributed by atoms with Crippen molar-refractivity contribution in [1.82, 2.24) is 4.98 Å². The molecule has 17 heavy (non-hydrogen) atoms. The van der Waals surface area contributed by atoms with Crippen molar-refractivity contribution in [3.05, 3.63) is 30.5 Å². The molecule has 0 unspecified atom stereocenters. The van der Waals surface area contributed by atoms with Crippen LogP contribution in [0.15, 0.2) is 30.5 Å². The Morgan fingerprint density at radius 3 is 2.82 bits per heavy atom. The number of hydrogen-bond donors (Lipinski definition) is 1. The van der Waals surface area contributed by atoms with Gasteiger partial charge in [0.1, 0.15) is 5.82 Å². The summed E-state index contributed by atoms with van der Waals surface area (Å²) in [5, 5.41) is 2.30. The first-order valence-corrected chi connectivity index (χ1v) is 5.81. The molecule has 0 spiro atoms. The fourth-order valence-corrected chi connectivity index (χ4v) is 2.20. The van der Waals surface area contributed by atoms with Crippen molar-refractivity contribution in [3.8, 4) is 0 Å². The Hall–Kier alpha value is -1.81. The number of anilines is 2. The molecule has 0 radical (unpaired) electrons. The van der Waals surface area contributed by atoms with E-state index in [2.05, 4.69) is 9.88 Å². The lowest BCUT2D eigenvalue weighted by Crippen LogP contribution is -2.36. The van der Waals surface area contributed by atoms with E-state index in [1.165, 1.54) is 5.39 Å². The van der Waals surface area contributed by atoms with Gasteiger partial charge in [-0.3, -0.25) is 0 Å². The van der Waals surface area contributed by atoms with Gasteiger partial charge in [0, 0.05) is 30.4 Å². The van der Waals surface area contributed by atoms with Gasteiger partial charge in [-0.05, 0) is 23.6 Å². The number of aromatic nitrogens is 1. The Bertz CT molecular complexity index is 535. The van der Waals surface area contributed by atoms with Crippen LogP contribution in [0.3, 0.4) is 0 Å². The minimum Gasteiger partial charge on any atom is -0.399 e. The number of nitrogen functional groups attached to an aromatic ring is 1. The zero-order valence-corrected chi connectivity index (χ0v) is 9.60. The Labute approximate surface area is 100.0 Å². The Kier molecular flexibility index (Phi) is 2.57. The fourth-order valence-electron chi connectivity index (χ4n) is 2.20. The van der Waals surface area contributed by atoms with Gasteiger partial charge < -0.3 is 15.4 Å². The zero-order chi connectivity index (χ0) is 11.7. The van der Waals surface area contributed by atoms with Crippen LogP contribution in [0.5, 0.6) is 0 Å². The Morgan fingerprint density at radius 1 is 1.18 bits per heavy atom. The molecule has 1 saturated heterocycles. The summed E-state index contributed by atoms with van der Waals surface area (Å²) >= 11 is 0. The summed E-state index contributed by atoms with van der Waals surface area (Å²) in [6.45, 7) is 3.31. The average molecular weight is 229 g/mol. The van der Waals surface area contributed by atoms with Crippen LogP contribution in [0.1, 0.15) is 0 Å². The van der Waals surface area contributed by atoms with Crippen LogP contribution >= 0.6 is 0 Å². The van der Waals surface area contributed by atoms with Crippen LogP contribution in [0.2, 0.25) is 0 Å². The molecule has 0 bridgehead atoms. The van der Waals surface area contributed by atoms with Gasteiger partial charge in [0.2, 0.25) is 0 Å². The molecule has 0 atom stereocenters. The van der Waals surface area contributed by atoms with E-state index in [0.717, 1.165) is 43.2 Å². The van der Waals surface area contributed by atoms with Crippen molar-refractivity contribution in [2.75, 3.05) is 36.9 Å². The van der Waals surface area contributed by atoms with Crippen molar-refractivity contribution < 1.29 is 4.74 Å². The molecule has 3 rings (SSSR count). The van der Waals surface area contributed by atoms with E-state index >= 15 is 0 Å². The summed E-state index contributed by atoms with van der Waals surface area (Å²) in [4.78, 5) is 6.74. The summed E-state index contributed by atoms with van der Waals surface area (Å²) in [6, 6.07) is 7.97. The zero-order valence-electron chi connectivity index (χ0n) is 9.60. The van der Waals surface area contributed by atoms with E-state index in [9.17, 15) is 0 Å². The van der Waals surface area contributed by atoms with Gasteiger partial charge in [-0.25, -0.2) is 4.98 Å². The van der Waals surface area contributed by atoms with Gasteiger partial charge in [-0.2, -0.15) is 0 Å². The van der Waals surface area contributed by atoms with Crippen LogP contribution in [-0.2, 0) is 4.74 Å². The number of nitrogens with zero attached hydrogens (tertiary/aromatic N) is 2. The Balaban J connectivity index is 2.11. The molecule has 88 valence electrons. The molecule has 1 aromatic heterocycles. The number of pyridine rings is 1. The molecule has 4 heteroatoms. The first-order chi connectivity index (χ1) is 8.34. The predicted molar refractivity (Wildman–Crippen MR) is 69.2 cm³/mol. The number of hydrogen-bond acceptors (Lipinski definition) is 4. The summed E-state index contributed by atoms with van der Waals surface area (Å²) in [6.07, 6.45) is 1.85. The number of fused-ring (bicyclic) bond motifs is 1. The lowest BCUT2D eigenvalue weighted by molar-refractivity contribution is 0.122. The predicted octanol–water partition coefficient (Wildman–Crippen LogP) is 1.65. The number of nitrogens with two attached hydrogens (primary N) is 1. The van der Waals surface area contributed by atoms with Crippen molar-refractivity contribution in [2.45, 2.75) is 0 Å². The molecule has 1 aromatic carbocycles. The highest BCUT2D eigenvalue weighted by Crippen LogP contribution is 2.26. The highest BCUT2D eigenvalue weighted by Gasteiger charge is 2.14. The molecule has 2 aromatic rings. The smallest absolute Gasteiger partial charge is 0.136 e. The van der Waals surface area contributed by atoms with Crippen LogP contribution in [0, 0.1) is 0 Å². The fraction of sp³-hybridized carbons (Fsp3) is 0.308. The van der Waals surface area contributed by atoms with E-state index in [1.807, 2.05) is 30.5 Å².